The van der Waals surface area contributed by atoms with Gasteiger partial charge in [-0.1, -0.05) is 6.07 Å². The van der Waals surface area contributed by atoms with Crippen LogP contribution in [0.3, 0.4) is 0 Å². The average Bonchev–Trinajstić information content (AvgIpc) is 2.58. The summed E-state index contributed by atoms with van der Waals surface area (Å²) in [6.07, 6.45) is 3.38. The maximum Gasteiger partial charge on any atom is 0.339 e. The molecule has 0 spiro atoms. The van der Waals surface area contributed by atoms with Crippen LogP contribution in [0.4, 0.5) is 0 Å². The van der Waals surface area contributed by atoms with E-state index in [4.69, 9.17) is 9.15 Å². The molecule has 0 aliphatic heterocycles. The molecule has 1 aliphatic carbocycles. The molecular weight excluding hydrogens is 354 g/mol. The van der Waals surface area contributed by atoms with E-state index in [1.807, 2.05) is 32.0 Å². The van der Waals surface area contributed by atoms with Crippen molar-refractivity contribution in [3.8, 4) is 5.75 Å². The van der Waals surface area contributed by atoms with Crippen molar-refractivity contribution in [3.63, 3.8) is 0 Å². The molecule has 1 atom stereocenters. The lowest BCUT2D eigenvalue weighted by atomic mass is 9.90. The first-order chi connectivity index (χ1) is 11.9. The van der Waals surface area contributed by atoms with Crippen LogP contribution in [0.5, 0.6) is 5.75 Å². The summed E-state index contributed by atoms with van der Waals surface area (Å²) in [5.74, 6) is 0.756. The molecule has 1 aromatic carbocycles. The maximum absolute atomic E-state index is 12.2. The third-order valence-electron chi connectivity index (χ3n) is 4.67. The van der Waals surface area contributed by atoms with Gasteiger partial charge >= 0.3 is 5.63 Å². The number of β-amino-alcohol motifs (C(OH)–C–C–N with tert-alkyl or cyclic N) is 1. The summed E-state index contributed by atoms with van der Waals surface area (Å²) in [6, 6.07) is 5.61. The highest BCUT2D eigenvalue weighted by Crippen LogP contribution is 2.33. The van der Waals surface area contributed by atoms with Crippen LogP contribution in [0, 0.1) is 0 Å². The number of rotatable bonds is 6. The van der Waals surface area contributed by atoms with E-state index < -0.39 is 6.10 Å². The van der Waals surface area contributed by atoms with E-state index in [0.29, 0.717) is 18.7 Å². The third kappa shape index (κ3) is 4.58. The van der Waals surface area contributed by atoms with Gasteiger partial charge in [0.1, 0.15) is 17.9 Å². The molecule has 0 bridgehead atoms. The second-order valence-electron chi connectivity index (χ2n) is 7.59. The molecular formula is C20H28ClNO4. The van der Waals surface area contributed by atoms with E-state index in [-0.39, 0.29) is 23.6 Å². The minimum absolute atomic E-state index is 0. The maximum atomic E-state index is 12.2. The van der Waals surface area contributed by atoms with Crippen molar-refractivity contribution in [1.29, 1.82) is 0 Å². The largest absolute Gasteiger partial charge is 0.491 e. The fourth-order valence-electron chi connectivity index (χ4n) is 3.31. The molecule has 26 heavy (non-hydrogen) atoms. The zero-order valence-corrected chi connectivity index (χ0v) is 16.4. The van der Waals surface area contributed by atoms with Crippen LogP contribution in [0.25, 0.3) is 11.0 Å². The molecule has 0 amide bonds. The fourth-order valence-corrected chi connectivity index (χ4v) is 3.31. The number of benzene rings is 1. The second-order valence-corrected chi connectivity index (χ2v) is 7.59. The van der Waals surface area contributed by atoms with Gasteiger partial charge in [0.25, 0.3) is 0 Å². The Hall–Kier alpha value is -1.56. The van der Waals surface area contributed by atoms with Gasteiger partial charge in [-0.3, -0.25) is 0 Å². The highest BCUT2D eigenvalue weighted by Gasteiger charge is 2.23. The second kappa shape index (κ2) is 8.42. The Labute approximate surface area is 160 Å². The summed E-state index contributed by atoms with van der Waals surface area (Å²) in [7, 11) is 0. The fraction of sp³-hybridized carbons (Fsp3) is 0.550. The molecule has 0 fully saturated rings. The Morgan fingerprint density at radius 3 is 2.65 bits per heavy atom. The molecule has 0 saturated carbocycles. The topological polar surface area (TPSA) is 71.7 Å². The Bertz CT molecular complexity index is 813. The highest BCUT2D eigenvalue weighted by molar-refractivity contribution is 5.88. The molecule has 0 saturated heterocycles. The van der Waals surface area contributed by atoms with E-state index in [0.717, 1.165) is 47.9 Å². The average molecular weight is 382 g/mol. The van der Waals surface area contributed by atoms with Crippen molar-refractivity contribution in [2.45, 2.75) is 58.1 Å². The number of aliphatic hydroxyl groups excluding tert-OH is 1. The smallest absolute Gasteiger partial charge is 0.339 e. The van der Waals surface area contributed by atoms with Gasteiger partial charge in [-0.25, -0.2) is 4.79 Å². The van der Waals surface area contributed by atoms with Crippen LogP contribution in [-0.2, 0) is 12.8 Å². The Kier molecular flexibility index (Phi) is 6.72. The lowest BCUT2D eigenvalue weighted by Gasteiger charge is -2.28. The predicted molar refractivity (Wildman–Crippen MR) is 106 cm³/mol. The van der Waals surface area contributed by atoms with Crippen LogP contribution in [0.1, 0.15) is 44.7 Å². The van der Waals surface area contributed by atoms with Crippen molar-refractivity contribution in [2.75, 3.05) is 13.2 Å². The molecule has 2 N–H and O–H groups in total. The van der Waals surface area contributed by atoms with E-state index in [2.05, 4.69) is 5.32 Å². The van der Waals surface area contributed by atoms with Crippen LogP contribution in [0.2, 0.25) is 0 Å². The lowest BCUT2D eigenvalue weighted by Crippen LogP contribution is -2.47. The van der Waals surface area contributed by atoms with Crippen LogP contribution in [-0.4, -0.2) is 29.9 Å². The van der Waals surface area contributed by atoms with Crippen molar-refractivity contribution >= 4 is 23.4 Å². The summed E-state index contributed by atoms with van der Waals surface area (Å²) < 4.78 is 11.6. The number of hydrogen-bond acceptors (Lipinski definition) is 5. The SMILES string of the molecule is CC(O)CNC(C)(C)COc1cccc2oc(=O)c3c(c12)CCCC3.Cl. The number of aryl methyl sites for hydroxylation is 1. The number of nitrogens with one attached hydrogen (secondary N) is 1. The van der Waals surface area contributed by atoms with Gasteiger partial charge in [0.2, 0.25) is 0 Å². The summed E-state index contributed by atoms with van der Waals surface area (Å²) >= 11 is 0. The minimum atomic E-state index is -0.405. The Morgan fingerprint density at radius 2 is 1.96 bits per heavy atom. The molecule has 5 nitrogen and oxygen atoms in total. The minimum Gasteiger partial charge on any atom is -0.491 e. The number of aliphatic hydroxyl groups is 1. The first-order valence-corrected chi connectivity index (χ1v) is 9.01. The summed E-state index contributed by atoms with van der Waals surface area (Å²) in [4.78, 5) is 12.2. The van der Waals surface area contributed by atoms with Gasteiger partial charge < -0.3 is 19.6 Å². The molecule has 6 heteroatoms. The van der Waals surface area contributed by atoms with Gasteiger partial charge in [0.05, 0.1) is 11.5 Å². The first-order valence-electron chi connectivity index (χ1n) is 9.01. The zero-order valence-electron chi connectivity index (χ0n) is 15.6. The Morgan fingerprint density at radius 1 is 1.27 bits per heavy atom. The van der Waals surface area contributed by atoms with Gasteiger partial charge in [-0.15, -0.1) is 12.4 Å². The van der Waals surface area contributed by atoms with Crippen molar-refractivity contribution < 1.29 is 14.3 Å². The van der Waals surface area contributed by atoms with Crippen LogP contribution in [0.15, 0.2) is 27.4 Å². The highest BCUT2D eigenvalue weighted by atomic mass is 35.5. The van der Waals surface area contributed by atoms with E-state index >= 15 is 0 Å². The van der Waals surface area contributed by atoms with E-state index in [1.54, 1.807) is 6.92 Å². The molecule has 144 valence electrons. The Balaban J connectivity index is 0.00000243. The summed E-state index contributed by atoms with van der Waals surface area (Å²) in [5.41, 5.74) is 2.00. The molecule has 1 unspecified atom stereocenters. The third-order valence-corrected chi connectivity index (χ3v) is 4.67. The standard InChI is InChI=1S/C20H27NO4.ClH/c1-13(22)11-21-20(2,3)12-24-16-9-6-10-17-18(16)14-7-4-5-8-15(14)19(23)25-17;/h6,9-10,13,21-22H,4-5,7-8,11-12H2,1-3H3;1H. The van der Waals surface area contributed by atoms with Gasteiger partial charge in [-0.05, 0) is 64.2 Å². The predicted octanol–water partition coefficient (Wildman–Crippen LogP) is 3.22. The zero-order chi connectivity index (χ0) is 18.0. The number of ether oxygens (including phenoxy) is 1. The molecule has 3 rings (SSSR count). The van der Waals surface area contributed by atoms with E-state index in [9.17, 15) is 9.90 Å². The van der Waals surface area contributed by atoms with Gasteiger partial charge in [-0.2, -0.15) is 0 Å². The molecule has 0 radical (unpaired) electrons. The van der Waals surface area contributed by atoms with E-state index in [1.165, 1.54) is 0 Å². The number of hydrogen-bond donors (Lipinski definition) is 2. The van der Waals surface area contributed by atoms with Crippen molar-refractivity contribution in [2.24, 2.45) is 0 Å². The lowest BCUT2D eigenvalue weighted by molar-refractivity contribution is 0.154. The molecule has 2 aromatic rings. The number of fused-ring (bicyclic) bond motifs is 3. The normalized spacial score (nSPS) is 15.2. The summed E-state index contributed by atoms with van der Waals surface area (Å²) in [5, 5.41) is 13.7. The van der Waals surface area contributed by atoms with Crippen molar-refractivity contribution in [1.82, 2.24) is 5.32 Å². The molecule has 1 aromatic heterocycles. The van der Waals surface area contributed by atoms with Gasteiger partial charge in [0.15, 0.2) is 0 Å². The van der Waals surface area contributed by atoms with Crippen LogP contribution < -0.4 is 15.7 Å². The molecule has 1 heterocycles. The van der Waals surface area contributed by atoms with Crippen LogP contribution >= 0.6 is 12.4 Å². The quantitative estimate of drug-likeness (QED) is 0.752. The molecule has 1 aliphatic rings. The van der Waals surface area contributed by atoms with Gasteiger partial charge in [0, 0.05) is 17.6 Å². The number of halogens is 1. The monoisotopic (exact) mass is 381 g/mol. The summed E-state index contributed by atoms with van der Waals surface area (Å²) in [6.45, 7) is 6.79. The first kappa shape index (κ1) is 20.7. The van der Waals surface area contributed by atoms with Crippen molar-refractivity contribution in [3.05, 3.63) is 39.7 Å².